The van der Waals surface area contributed by atoms with Crippen molar-refractivity contribution in [1.82, 2.24) is 10.6 Å². The molecule has 0 unspecified atom stereocenters. The van der Waals surface area contributed by atoms with Crippen molar-refractivity contribution in [3.8, 4) is 11.5 Å². The fraction of sp³-hybridized carbons (Fsp3) is 0.417. The summed E-state index contributed by atoms with van der Waals surface area (Å²) in [6.07, 6.45) is 3.89. The van der Waals surface area contributed by atoms with E-state index in [0.717, 1.165) is 25.7 Å². The molecule has 2 aromatic rings. The Balaban J connectivity index is 1.83. The number of benzene rings is 2. The molecule has 0 aromatic heterocycles. The molecule has 0 spiro atoms. The molecule has 2 rings (SSSR count). The van der Waals surface area contributed by atoms with E-state index in [9.17, 15) is 9.59 Å². The van der Waals surface area contributed by atoms with E-state index < -0.39 is 0 Å². The molecule has 32 heavy (non-hydrogen) atoms. The Morgan fingerprint density at radius 2 is 1.09 bits per heavy atom. The zero-order valence-corrected chi connectivity index (χ0v) is 18.9. The zero-order valence-electron chi connectivity index (χ0n) is 18.9. The number of amides is 4. The predicted octanol–water partition coefficient (Wildman–Crippen LogP) is 4.99. The lowest BCUT2D eigenvalue weighted by atomic mass is 10.3. The first-order chi connectivity index (χ1) is 15.6. The Morgan fingerprint density at radius 3 is 1.50 bits per heavy atom. The highest BCUT2D eigenvalue weighted by Gasteiger charge is 2.09. The van der Waals surface area contributed by atoms with Gasteiger partial charge in [-0.1, -0.05) is 51.0 Å². The van der Waals surface area contributed by atoms with Crippen LogP contribution in [0.25, 0.3) is 0 Å². The van der Waals surface area contributed by atoms with Crippen molar-refractivity contribution in [3.63, 3.8) is 0 Å². The Hall–Kier alpha value is -3.42. The quantitative estimate of drug-likeness (QED) is 0.328. The van der Waals surface area contributed by atoms with E-state index in [4.69, 9.17) is 9.47 Å². The van der Waals surface area contributed by atoms with Crippen molar-refractivity contribution >= 4 is 23.4 Å². The van der Waals surface area contributed by atoms with Crippen LogP contribution in [-0.4, -0.2) is 38.4 Å². The number of carbonyl (C=O) groups excluding carboxylic acids is 2. The van der Waals surface area contributed by atoms with Gasteiger partial charge in [0.25, 0.3) is 0 Å². The van der Waals surface area contributed by atoms with E-state index in [1.165, 1.54) is 0 Å². The fourth-order valence-electron chi connectivity index (χ4n) is 2.79. The number of urea groups is 2. The van der Waals surface area contributed by atoms with Crippen molar-refractivity contribution < 1.29 is 19.1 Å². The first kappa shape index (κ1) is 24.8. The standard InChI is InChI=1S/C24H34N4O4/c1-3-5-15-25-23(29)27-19-11-7-9-13-21(19)31-17-18-32-22-14-10-8-12-20(22)28-24(30)26-16-6-4-2/h7-14H,3-6,15-18H2,1-2H3,(H2,25,27,29)(H2,26,28,30). The molecule has 0 aliphatic heterocycles. The molecule has 0 fully saturated rings. The van der Waals surface area contributed by atoms with Crippen LogP contribution in [0.3, 0.4) is 0 Å². The van der Waals surface area contributed by atoms with Gasteiger partial charge < -0.3 is 30.7 Å². The van der Waals surface area contributed by atoms with Crippen LogP contribution >= 0.6 is 0 Å². The SMILES string of the molecule is CCCCNC(=O)Nc1ccccc1OCCOc1ccccc1NC(=O)NCCCC. The van der Waals surface area contributed by atoms with Gasteiger partial charge in [-0.25, -0.2) is 9.59 Å². The smallest absolute Gasteiger partial charge is 0.319 e. The maximum absolute atomic E-state index is 12.0. The summed E-state index contributed by atoms with van der Waals surface area (Å²) >= 11 is 0. The number of hydrogen-bond donors (Lipinski definition) is 4. The van der Waals surface area contributed by atoms with Crippen molar-refractivity contribution in [2.45, 2.75) is 39.5 Å². The topological polar surface area (TPSA) is 101 Å². The molecule has 0 saturated carbocycles. The number of carbonyl (C=O) groups is 2. The molecular weight excluding hydrogens is 408 g/mol. The highest BCUT2D eigenvalue weighted by atomic mass is 16.5. The summed E-state index contributed by atoms with van der Waals surface area (Å²) in [6.45, 7) is 5.94. The molecule has 0 aliphatic rings. The number of unbranched alkanes of at least 4 members (excludes halogenated alkanes) is 2. The molecular formula is C24H34N4O4. The summed E-state index contributed by atoms with van der Waals surface area (Å²) in [5.74, 6) is 1.12. The molecule has 0 heterocycles. The minimum Gasteiger partial charge on any atom is -0.488 e. The third-order valence-electron chi connectivity index (χ3n) is 4.50. The lowest BCUT2D eigenvalue weighted by Crippen LogP contribution is -2.29. The molecule has 0 aliphatic carbocycles. The number of hydrogen-bond acceptors (Lipinski definition) is 4. The van der Waals surface area contributed by atoms with E-state index in [1.54, 1.807) is 24.3 Å². The number of ether oxygens (including phenoxy) is 2. The van der Waals surface area contributed by atoms with E-state index in [2.05, 4.69) is 35.1 Å². The van der Waals surface area contributed by atoms with Crippen LogP contribution in [0.15, 0.2) is 48.5 Å². The number of para-hydroxylation sites is 4. The van der Waals surface area contributed by atoms with Crippen molar-refractivity contribution in [2.24, 2.45) is 0 Å². The van der Waals surface area contributed by atoms with Crippen LogP contribution in [0.4, 0.5) is 21.0 Å². The van der Waals surface area contributed by atoms with E-state index >= 15 is 0 Å². The van der Waals surface area contributed by atoms with Gasteiger partial charge in [-0.2, -0.15) is 0 Å². The summed E-state index contributed by atoms with van der Waals surface area (Å²) in [5.41, 5.74) is 1.18. The maximum atomic E-state index is 12.0. The van der Waals surface area contributed by atoms with Crippen molar-refractivity contribution in [1.29, 1.82) is 0 Å². The molecule has 8 nitrogen and oxygen atoms in total. The Morgan fingerprint density at radius 1 is 0.688 bits per heavy atom. The maximum Gasteiger partial charge on any atom is 0.319 e. The van der Waals surface area contributed by atoms with Gasteiger partial charge in [0.2, 0.25) is 0 Å². The summed E-state index contributed by atoms with van der Waals surface area (Å²) in [6, 6.07) is 14.0. The van der Waals surface area contributed by atoms with Gasteiger partial charge in [-0.05, 0) is 37.1 Å². The fourth-order valence-corrected chi connectivity index (χ4v) is 2.79. The van der Waals surface area contributed by atoms with Gasteiger partial charge in [0, 0.05) is 13.1 Å². The molecule has 0 bridgehead atoms. The van der Waals surface area contributed by atoms with Crippen LogP contribution < -0.4 is 30.7 Å². The second-order valence-corrected chi connectivity index (χ2v) is 7.16. The van der Waals surface area contributed by atoms with Gasteiger partial charge in [0.1, 0.15) is 24.7 Å². The highest BCUT2D eigenvalue weighted by Crippen LogP contribution is 2.25. The normalized spacial score (nSPS) is 10.2. The minimum absolute atomic E-state index is 0.261. The van der Waals surface area contributed by atoms with Gasteiger partial charge in [-0.15, -0.1) is 0 Å². The third kappa shape index (κ3) is 9.16. The molecule has 4 amide bonds. The van der Waals surface area contributed by atoms with Gasteiger partial charge in [0.05, 0.1) is 11.4 Å². The second kappa shape index (κ2) is 14.6. The number of nitrogens with one attached hydrogen (secondary N) is 4. The summed E-state index contributed by atoms with van der Waals surface area (Å²) in [5, 5.41) is 11.3. The van der Waals surface area contributed by atoms with Crippen LogP contribution in [-0.2, 0) is 0 Å². The monoisotopic (exact) mass is 442 g/mol. The average molecular weight is 443 g/mol. The van der Waals surface area contributed by atoms with Crippen LogP contribution in [0.1, 0.15) is 39.5 Å². The second-order valence-electron chi connectivity index (χ2n) is 7.16. The molecule has 0 radical (unpaired) electrons. The third-order valence-corrected chi connectivity index (χ3v) is 4.50. The lowest BCUT2D eigenvalue weighted by Gasteiger charge is -2.15. The minimum atomic E-state index is -0.261. The van der Waals surface area contributed by atoms with Gasteiger partial charge in [-0.3, -0.25) is 0 Å². The Labute approximate surface area is 190 Å². The van der Waals surface area contributed by atoms with E-state index in [1.807, 2.05) is 24.3 Å². The largest absolute Gasteiger partial charge is 0.488 e. The first-order valence-corrected chi connectivity index (χ1v) is 11.2. The Kier molecular flexibility index (Phi) is 11.3. The Bertz CT molecular complexity index is 775. The zero-order chi connectivity index (χ0) is 23.0. The highest BCUT2D eigenvalue weighted by molar-refractivity contribution is 5.91. The van der Waals surface area contributed by atoms with Gasteiger partial charge in [0.15, 0.2) is 0 Å². The van der Waals surface area contributed by atoms with Crippen LogP contribution in [0.2, 0.25) is 0 Å². The summed E-state index contributed by atoms with van der Waals surface area (Å²) in [4.78, 5) is 24.0. The summed E-state index contributed by atoms with van der Waals surface area (Å²) < 4.78 is 11.6. The first-order valence-electron chi connectivity index (χ1n) is 11.2. The van der Waals surface area contributed by atoms with Gasteiger partial charge >= 0.3 is 12.1 Å². The van der Waals surface area contributed by atoms with E-state index in [-0.39, 0.29) is 25.3 Å². The van der Waals surface area contributed by atoms with E-state index in [0.29, 0.717) is 36.0 Å². The molecule has 174 valence electrons. The molecule has 0 atom stereocenters. The number of rotatable bonds is 13. The lowest BCUT2D eigenvalue weighted by molar-refractivity contribution is 0.218. The van der Waals surface area contributed by atoms with Crippen LogP contribution in [0.5, 0.6) is 11.5 Å². The summed E-state index contributed by atoms with van der Waals surface area (Å²) in [7, 11) is 0. The molecule has 2 aromatic carbocycles. The molecule has 8 heteroatoms. The van der Waals surface area contributed by atoms with Crippen LogP contribution in [0, 0.1) is 0 Å². The van der Waals surface area contributed by atoms with Crippen molar-refractivity contribution in [2.75, 3.05) is 36.9 Å². The average Bonchev–Trinajstić information content (AvgIpc) is 2.79. The molecule has 4 N–H and O–H groups in total. The molecule has 0 saturated heterocycles. The predicted molar refractivity (Wildman–Crippen MR) is 128 cm³/mol. The van der Waals surface area contributed by atoms with Crippen molar-refractivity contribution in [3.05, 3.63) is 48.5 Å². The number of anilines is 2.